The maximum Gasteiger partial charge on any atom is 0.0939 e. The molecule has 0 amide bonds. The number of aryl methyl sites for hydroxylation is 1. The predicted octanol–water partition coefficient (Wildman–Crippen LogP) is 1.99. The summed E-state index contributed by atoms with van der Waals surface area (Å²) in [5, 5.41) is 3.35. The van der Waals surface area contributed by atoms with Crippen molar-refractivity contribution in [1.82, 2.24) is 9.97 Å². The van der Waals surface area contributed by atoms with Gasteiger partial charge in [0.2, 0.25) is 0 Å². The van der Waals surface area contributed by atoms with Gasteiger partial charge in [-0.1, -0.05) is 0 Å². The van der Waals surface area contributed by atoms with E-state index in [1.54, 1.807) is 0 Å². The first kappa shape index (κ1) is 7.74. The minimum Gasteiger partial charge on any atom is -0.384 e. The molecule has 0 atom stereocenters. The molecule has 0 bridgehead atoms. The minimum atomic E-state index is 0.995. The zero-order valence-electron chi connectivity index (χ0n) is 7.83. The molecular weight excluding hydrogens is 174 g/mol. The topological polar surface area (TPSA) is 37.8 Å². The van der Waals surface area contributed by atoms with Crippen LogP contribution < -0.4 is 5.32 Å². The lowest BCUT2D eigenvalue weighted by Crippen LogP contribution is -2.12. The molecule has 2 aromatic rings. The molecule has 0 saturated heterocycles. The van der Waals surface area contributed by atoms with Gasteiger partial charge < -0.3 is 5.32 Å². The first-order chi connectivity index (χ1) is 6.95. The number of nitrogens with zero attached hydrogens (tertiary/aromatic N) is 2. The first-order valence-corrected chi connectivity index (χ1v) is 4.91. The molecule has 3 nitrogen and oxygen atoms in total. The lowest BCUT2D eigenvalue weighted by atomic mass is 10.0. The van der Waals surface area contributed by atoms with Crippen LogP contribution >= 0.6 is 0 Å². The van der Waals surface area contributed by atoms with Crippen LogP contribution in [0.5, 0.6) is 0 Å². The maximum absolute atomic E-state index is 4.39. The molecule has 0 unspecified atom stereocenters. The van der Waals surface area contributed by atoms with E-state index in [4.69, 9.17) is 0 Å². The summed E-state index contributed by atoms with van der Waals surface area (Å²) >= 11 is 0. The Morgan fingerprint density at radius 1 is 1.29 bits per heavy atom. The molecule has 14 heavy (non-hydrogen) atoms. The first-order valence-electron chi connectivity index (χ1n) is 4.91. The Bertz CT molecular complexity index is 479. The highest BCUT2D eigenvalue weighted by Gasteiger charge is 2.12. The monoisotopic (exact) mass is 185 g/mol. The van der Waals surface area contributed by atoms with Gasteiger partial charge in [0.1, 0.15) is 0 Å². The van der Waals surface area contributed by atoms with Crippen molar-refractivity contribution in [3.05, 3.63) is 30.1 Å². The SMILES string of the molecule is c1cnc2c3c(cnc2c1)NCCC3. The van der Waals surface area contributed by atoms with Crippen molar-refractivity contribution >= 4 is 16.7 Å². The van der Waals surface area contributed by atoms with E-state index in [0.29, 0.717) is 0 Å². The van der Waals surface area contributed by atoms with E-state index in [9.17, 15) is 0 Å². The van der Waals surface area contributed by atoms with Crippen LogP contribution in [0.2, 0.25) is 0 Å². The summed E-state index contributed by atoms with van der Waals surface area (Å²) in [7, 11) is 0. The Kier molecular flexibility index (Phi) is 1.63. The average molecular weight is 185 g/mol. The van der Waals surface area contributed by atoms with E-state index >= 15 is 0 Å². The van der Waals surface area contributed by atoms with Gasteiger partial charge in [0.05, 0.1) is 22.9 Å². The molecule has 1 aliphatic heterocycles. The third-order valence-electron chi connectivity index (χ3n) is 2.65. The summed E-state index contributed by atoms with van der Waals surface area (Å²) in [5.41, 5.74) is 4.52. The Morgan fingerprint density at radius 3 is 3.29 bits per heavy atom. The van der Waals surface area contributed by atoms with Crippen LogP contribution in [0.15, 0.2) is 24.5 Å². The molecule has 0 aliphatic carbocycles. The molecule has 70 valence electrons. The summed E-state index contributed by atoms with van der Waals surface area (Å²) in [6.45, 7) is 1.05. The molecule has 1 N–H and O–H groups in total. The summed E-state index contributed by atoms with van der Waals surface area (Å²) in [6.07, 6.45) is 6.04. The number of anilines is 1. The van der Waals surface area contributed by atoms with E-state index in [-0.39, 0.29) is 0 Å². The Labute approximate surface area is 82.2 Å². The smallest absolute Gasteiger partial charge is 0.0939 e. The quantitative estimate of drug-likeness (QED) is 0.682. The lowest BCUT2D eigenvalue weighted by Gasteiger charge is -2.18. The van der Waals surface area contributed by atoms with E-state index in [2.05, 4.69) is 15.3 Å². The highest BCUT2D eigenvalue weighted by Crippen LogP contribution is 2.26. The van der Waals surface area contributed by atoms with Crippen LogP contribution in [0.1, 0.15) is 12.0 Å². The van der Waals surface area contributed by atoms with Crippen molar-refractivity contribution in [2.45, 2.75) is 12.8 Å². The minimum absolute atomic E-state index is 0.995. The molecular formula is C11H11N3. The van der Waals surface area contributed by atoms with Gasteiger partial charge in [-0.2, -0.15) is 0 Å². The van der Waals surface area contributed by atoms with Crippen LogP contribution in [0, 0.1) is 0 Å². The van der Waals surface area contributed by atoms with Crippen LogP contribution in [0.3, 0.4) is 0 Å². The van der Waals surface area contributed by atoms with Gasteiger partial charge in [-0.3, -0.25) is 9.97 Å². The number of pyridine rings is 2. The van der Waals surface area contributed by atoms with Crippen molar-refractivity contribution in [2.24, 2.45) is 0 Å². The molecule has 1 aliphatic rings. The van der Waals surface area contributed by atoms with Gasteiger partial charge in [-0.05, 0) is 25.0 Å². The Hall–Kier alpha value is -1.64. The fourth-order valence-electron chi connectivity index (χ4n) is 1.97. The lowest BCUT2D eigenvalue weighted by molar-refractivity contribution is 0.832. The zero-order valence-corrected chi connectivity index (χ0v) is 7.83. The molecule has 3 heteroatoms. The van der Waals surface area contributed by atoms with Gasteiger partial charge in [-0.15, -0.1) is 0 Å². The third-order valence-corrected chi connectivity index (χ3v) is 2.65. The van der Waals surface area contributed by atoms with E-state index in [0.717, 1.165) is 29.7 Å². The highest BCUT2D eigenvalue weighted by molar-refractivity contribution is 5.83. The molecule has 0 aromatic carbocycles. The Balaban J connectivity index is 2.34. The highest BCUT2D eigenvalue weighted by atomic mass is 14.9. The van der Waals surface area contributed by atoms with Crippen LogP contribution in [-0.4, -0.2) is 16.5 Å². The van der Waals surface area contributed by atoms with Gasteiger partial charge in [-0.25, -0.2) is 0 Å². The molecule has 2 aromatic heterocycles. The van der Waals surface area contributed by atoms with Crippen molar-refractivity contribution in [2.75, 3.05) is 11.9 Å². The van der Waals surface area contributed by atoms with Crippen molar-refractivity contribution in [1.29, 1.82) is 0 Å². The largest absolute Gasteiger partial charge is 0.384 e. The molecule has 0 spiro atoms. The second-order valence-electron chi connectivity index (χ2n) is 3.55. The fourth-order valence-corrected chi connectivity index (χ4v) is 1.97. The number of fused-ring (bicyclic) bond motifs is 3. The van der Waals surface area contributed by atoms with E-state index < -0.39 is 0 Å². The standard InChI is InChI=1S/C11H11N3/c1-3-8-10(12-5-1)7-14-9-4-2-6-13-11(8)9/h2,4,6-7,12H,1,3,5H2. The number of aromatic nitrogens is 2. The molecule has 0 radical (unpaired) electrons. The van der Waals surface area contributed by atoms with Crippen molar-refractivity contribution < 1.29 is 0 Å². The summed E-state index contributed by atoms with van der Waals surface area (Å²) in [4.78, 5) is 8.76. The summed E-state index contributed by atoms with van der Waals surface area (Å²) in [6, 6.07) is 3.94. The average Bonchev–Trinajstić information content (AvgIpc) is 2.29. The van der Waals surface area contributed by atoms with Crippen LogP contribution in [0.25, 0.3) is 11.0 Å². The van der Waals surface area contributed by atoms with Gasteiger partial charge in [0, 0.05) is 18.3 Å². The van der Waals surface area contributed by atoms with Gasteiger partial charge in [0.15, 0.2) is 0 Å². The number of nitrogens with one attached hydrogen (secondary N) is 1. The fraction of sp³-hybridized carbons (Fsp3) is 0.273. The molecule has 0 fully saturated rings. The predicted molar refractivity (Wildman–Crippen MR) is 56.3 cm³/mol. The Morgan fingerprint density at radius 2 is 2.29 bits per heavy atom. The maximum atomic E-state index is 4.39. The molecule has 3 rings (SSSR count). The van der Waals surface area contributed by atoms with Crippen molar-refractivity contribution in [3.8, 4) is 0 Å². The number of hydrogen-bond donors (Lipinski definition) is 1. The van der Waals surface area contributed by atoms with Crippen molar-refractivity contribution in [3.63, 3.8) is 0 Å². The van der Waals surface area contributed by atoms with Crippen LogP contribution in [0.4, 0.5) is 5.69 Å². The molecule has 0 saturated carbocycles. The van der Waals surface area contributed by atoms with E-state index in [1.165, 1.54) is 12.0 Å². The second-order valence-corrected chi connectivity index (χ2v) is 3.55. The second kappa shape index (κ2) is 2.94. The van der Waals surface area contributed by atoms with E-state index in [1.807, 2.05) is 24.5 Å². The van der Waals surface area contributed by atoms with Gasteiger partial charge in [0.25, 0.3) is 0 Å². The third kappa shape index (κ3) is 1.05. The number of hydrogen-bond acceptors (Lipinski definition) is 3. The molecule has 3 heterocycles. The van der Waals surface area contributed by atoms with Gasteiger partial charge >= 0.3 is 0 Å². The zero-order chi connectivity index (χ0) is 9.38. The summed E-state index contributed by atoms with van der Waals surface area (Å²) in [5.74, 6) is 0. The summed E-state index contributed by atoms with van der Waals surface area (Å²) < 4.78 is 0. The number of rotatable bonds is 0. The normalized spacial score (nSPS) is 14.9. The van der Waals surface area contributed by atoms with Crippen LogP contribution in [-0.2, 0) is 6.42 Å².